The van der Waals surface area contributed by atoms with Crippen LogP contribution in [0.4, 0.5) is 5.69 Å². The molecule has 6 heteroatoms. The average Bonchev–Trinajstić information content (AvgIpc) is 2.73. The zero-order valence-corrected chi connectivity index (χ0v) is 13.4. The number of carbonyl (C=O) groups is 1. The van der Waals surface area contributed by atoms with E-state index < -0.39 is 0 Å². The Morgan fingerprint density at radius 1 is 1.32 bits per heavy atom. The van der Waals surface area contributed by atoms with Crippen molar-refractivity contribution in [3.8, 4) is 5.75 Å². The van der Waals surface area contributed by atoms with Crippen molar-refractivity contribution in [1.82, 2.24) is 5.32 Å². The molecule has 1 atom stereocenters. The monoisotopic (exact) mass is 326 g/mol. The maximum Gasteiger partial charge on any atom is 0.226 e. The fourth-order valence-electron chi connectivity index (χ4n) is 2.78. The number of nitrogens with one attached hydrogen (secondary N) is 2. The summed E-state index contributed by atoms with van der Waals surface area (Å²) in [4.78, 5) is 12.1. The summed E-state index contributed by atoms with van der Waals surface area (Å²) in [5.41, 5.74) is 1.90. The zero-order chi connectivity index (χ0) is 14.5. The molecule has 122 valence electrons. The maximum absolute atomic E-state index is 12.1. The van der Waals surface area contributed by atoms with Crippen LogP contribution in [0.1, 0.15) is 31.2 Å². The highest BCUT2D eigenvalue weighted by molar-refractivity contribution is 5.91. The first-order valence-corrected chi connectivity index (χ1v) is 7.69. The predicted octanol–water partition coefficient (Wildman–Crippen LogP) is 2.49. The van der Waals surface area contributed by atoms with Crippen LogP contribution >= 0.6 is 12.4 Å². The summed E-state index contributed by atoms with van der Waals surface area (Å²) in [5, 5.41) is 6.25. The minimum Gasteiger partial charge on any atom is -0.492 e. The van der Waals surface area contributed by atoms with Gasteiger partial charge >= 0.3 is 0 Å². The number of carbonyl (C=O) groups excluding carboxylic acids is 1. The first kappa shape index (κ1) is 17.1. The highest BCUT2D eigenvalue weighted by Gasteiger charge is 2.18. The van der Waals surface area contributed by atoms with Crippen LogP contribution < -0.4 is 15.4 Å². The molecule has 1 amide bonds. The molecular weight excluding hydrogens is 304 g/mol. The number of ether oxygens (including phenoxy) is 2. The topological polar surface area (TPSA) is 59.6 Å². The molecule has 1 saturated heterocycles. The molecule has 5 nitrogen and oxygen atoms in total. The fraction of sp³-hybridized carbons (Fsp3) is 0.562. The molecule has 0 aliphatic carbocycles. The van der Waals surface area contributed by atoms with E-state index in [0.717, 1.165) is 56.0 Å². The molecular formula is C16H23ClN2O3. The van der Waals surface area contributed by atoms with Gasteiger partial charge in [-0.3, -0.25) is 4.79 Å². The Morgan fingerprint density at radius 2 is 2.23 bits per heavy atom. The van der Waals surface area contributed by atoms with E-state index in [9.17, 15) is 4.79 Å². The fourth-order valence-corrected chi connectivity index (χ4v) is 2.78. The Hall–Kier alpha value is -1.30. The number of amides is 1. The summed E-state index contributed by atoms with van der Waals surface area (Å²) in [6.45, 7) is 3.07. The van der Waals surface area contributed by atoms with Gasteiger partial charge < -0.3 is 20.1 Å². The average molecular weight is 327 g/mol. The normalized spacial score (nSPS) is 20.8. The van der Waals surface area contributed by atoms with Gasteiger partial charge in [-0.2, -0.15) is 0 Å². The van der Waals surface area contributed by atoms with E-state index in [1.165, 1.54) is 0 Å². The second-order valence-corrected chi connectivity index (χ2v) is 5.59. The van der Waals surface area contributed by atoms with Gasteiger partial charge in [0.15, 0.2) is 0 Å². The molecule has 0 aromatic heterocycles. The van der Waals surface area contributed by atoms with Crippen LogP contribution in [0.15, 0.2) is 18.2 Å². The van der Waals surface area contributed by atoms with E-state index in [4.69, 9.17) is 9.47 Å². The lowest BCUT2D eigenvalue weighted by Gasteiger charge is -2.22. The smallest absolute Gasteiger partial charge is 0.226 e. The van der Waals surface area contributed by atoms with E-state index >= 15 is 0 Å². The zero-order valence-electron chi connectivity index (χ0n) is 12.6. The number of hydrogen-bond donors (Lipinski definition) is 2. The minimum absolute atomic E-state index is 0. The number of halogens is 1. The first-order valence-electron chi connectivity index (χ1n) is 7.69. The van der Waals surface area contributed by atoms with Crippen molar-refractivity contribution in [2.75, 3.05) is 25.1 Å². The van der Waals surface area contributed by atoms with Gasteiger partial charge in [0, 0.05) is 30.9 Å². The summed E-state index contributed by atoms with van der Waals surface area (Å²) >= 11 is 0. The summed E-state index contributed by atoms with van der Waals surface area (Å²) in [5.74, 6) is 0.915. The Labute approximate surface area is 137 Å². The third-order valence-electron chi connectivity index (χ3n) is 3.88. The highest BCUT2D eigenvalue weighted by atomic mass is 35.5. The van der Waals surface area contributed by atoms with Crippen LogP contribution in [0.5, 0.6) is 5.75 Å². The highest BCUT2D eigenvalue weighted by Crippen LogP contribution is 2.24. The third-order valence-corrected chi connectivity index (χ3v) is 3.88. The molecule has 1 aromatic rings. The van der Waals surface area contributed by atoms with Gasteiger partial charge in [-0.05, 0) is 37.5 Å². The third kappa shape index (κ3) is 4.60. The largest absolute Gasteiger partial charge is 0.492 e. The van der Waals surface area contributed by atoms with Gasteiger partial charge in [0.05, 0.1) is 12.5 Å². The maximum atomic E-state index is 12.1. The van der Waals surface area contributed by atoms with Crippen LogP contribution in [-0.4, -0.2) is 31.8 Å². The van der Waals surface area contributed by atoms with E-state index in [1.54, 1.807) is 0 Å². The summed E-state index contributed by atoms with van der Waals surface area (Å²) < 4.78 is 11.2. The molecule has 1 fully saturated rings. The SMILES string of the molecule is Cl.O=C(CC1CCCCO1)Nc1ccc2c(c1)CNCCO2. The predicted molar refractivity (Wildman–Crippen MR) is 87.7 cm³/mol. The summed E-state index contributed by atoms with van der Waals surface area (Å²) in [7, 11) is 0. The van der Waals surface area contributed by atoms with Gasteiger partial charge in [-0.25, -0.2) is 0 Å². The Kier molecular flexibility index (Phi) is 6.49. The van der Waals surface area contributed by atoms with Crippen LogP contribution in [0.3, 0.4) is 0 Å². The molecule has 1 aromatic carbocycles. The second-order valence-electron chi connectivity index (χ2n) is 5.59. The molecule has 2 heterocycles. The van der Waals surface area contributed by atoms with E-state index in [2.05, 4.69) is 10.6 Å². The number of hydrogen-bond acceptors (Lipinski definition) is 4. The minimum atomic E-state index is 0. The lowest BCUT2D eigenvalue weighted by atomic mass is 10.1. The lowest BCUT2D eigenvalue weighted by molar-refractivity contribution is -0.119. The van der Waals surface area contributed by atoms with Crippen molar-refractivity contribution in [3.63, 3.8) is 0 Å². The van der Waals surface area contributed by atoms with Crippen LogP contribution in [0.2, 0.25) is 0 Å². The van der Waals surface area contributed by atoms with Crippen molar-refractivity contribution in [3.05, 3.63) is 23.8 Å². The molecule has 0 spiro atoms. The standard InChI is InChI=1S/C16H22N2O3.ClH/c19-16(10-14-3-1-2-7-20-14)18-13-4-5-15-12(9-13)11-17-6-8-21-15;/h4-5,9,14,17H,1-3,6-8,10-11H2,(H,18,19);1H. The van der Waals surface area contributed by atoms with Gasteiger partial charge in [0.25, 0.3) is 0 Å². The van der Waals surface area contributed by atoms with Gasteiger partial charge in [-0.1, -0.05) is 0 Å². The molecule has 2 aliphatic rings. The van der Waals surface area contributed by atoms with E-state index in [0.29, 0.717) is 13.0 Å². The van der Waals surface area contributed by atoms with Crippen LogP contribution in [0.25, 0.3) is 0 Å². The van der Waals surface area contributed by atoms with Crippen molar-refractivity contribution in [2.45, 2.75) is 38.3 Å². The number of fused-ring (bicyclic) bond motifs is 1. The first-order chi connectivity index (χ1) is 10.3. The number of anilines is 1. The lowest BCUT2D eigenvalue weighted by Crippen LogP contribution is -2.25. The molecule has 0 saturated carbocycles. The Balaban J connectivity index is 0.00000176. The molecule has 2 N–H and O–H groups in total. The molecule has 22 heavy (non-hydrogen) atoms. The van der Waals surface area contributed by atoms with E-state index in [-0.39, 0.29) is 24.4 Å². The second kappa shape index (κ2) is 8.36. The molecule has 0 bridgehead atoms. The van der Waals surface area contributed by atoms with Crippen molar-refractivity contribution >= 4 is 24.0 Å². The molecule has 0 radical (unpaired) electrons. The van der Waals surface area contributed by atoms with Gasteiger partial charge in [0.2, 0.25) is 5.91 Å². The summed E-state index contributed by atoms with van der Waals surface area (Å²) in [6, 6.07) is 5.80. The van der Waals surface area contributed by atoms with Crippen molar-refractivity contribution in [1.29, 1.82) is 0 Å². The van der Waals surface area contributed by atoms with Crippen molar-refractivity contribution < 1.29 is 14.3 Å². The van der Waals surface area contributed by atoms with Crippen LogP contribution in [0, 0.1) is 0 Å². The van der Waals surface area contributed by atoms with Gasteiger partial charge in [-0.15, -0.1) is 12.4 Å². The van der Waals surface area contributed by atoms with Crippen LogP contribution in [-0.2, 0) is 16.1 Å². The molecule has 3 rings (SSSR count). The Morgan fingerprint density at radius 3 is 3.05 bits per heavy atom. The van der Waals surface area contributed by atoms with E-state index in [1.807, 2.05) is 18.2 Å². The number of rotatable bonds is 3. The Bertz CT molecular complexity index is 504. The van der Waals surface area contributed by atoms with Gasteiger partial charge in [0.1, 0.15) is 12.4 Å². The van der Waals surface area contributed by atoms with Crippen molar-refractivity contribution in [2.24, 2.45) is 0 Å². The molecule has 1 unspecified atom stereocenters. The molecule has 2 aliphatic heterocycles. The quantitative estimate of drug-likeness (QED) is 0.896. The number of benzene rings is 1. The summed E-state index contributed by atoms with van der Waals surface area (Å²) in [6.07, 6.45) is 3.75.